The third kappa shape index (κ3) is 4.13. The Bertz CT molecular complexity index is 761. The van der Waals surface area contributed by atoms with Crippen molar-refractivity contribution < 1.29 is 24.2 Å². The second-order valence-corrected chi connectivity index (χ2v) is 6.48. The van der Waals surface area contributed by atoms with Crippen LogP contribution in [0.2, 0.25) is 0 Å². The zero-order valence-electron chi connectivity index (χ0n) is 12.5. The van der Waals surface area contributed by atoms with Crippen molar-refractivity contribution in [3.63, 3.8) is 0 Å². The molecule has 2 aromatic rings. The first-order valence-corrected chi connectivity index (χ1v) is 8.25. The van der Waals surface area contributed by atoms with Crippen LogP contribution < -0.4 is 4.74 Å². The van der Waals surface area contributed by atoms with Gasteiger partial charge in [-0.3, -0.25) is 4.57 Å². The third-order valence-corrected chi connectivity index (χ3v) is 4.25. The number of aliphatic imine (C=N–C) groups is 1. The number of aromatic nitrogens is 2. The predicted octanol–water partition coefficient (Wildman–Crippen LogP) is 2.12. The Labute approximate surface area is 132 Å². The fraction of sp³-hybridized carbons (Fsp3) is 0.214. The van der Waals surface area contributed by atoms with E-state index < -0.39 is 13.3 Å². The summed E-state index contributed by atoms with van der Waals surface area (Å²) < 4.78 is 16.8. The number of nitrogens with zero attached hydrogens (tertiary/aromatic N) is 3. The molecule has 0 saturated carbocycles. The lowest BCUT2D eigenvalue weighted by Gasteiger charge is -2.17. The summed E-state index contributed by atoms with van der Waals surface area (Å²) in [4.78, 5) is 30.9. The van der Waals surface area contributed by atoms with E-state index in [0.717, 1.165) is 6.21 Å². The highest BCUT2D eigenvalue weighted by Gasteiger charge is 2.30. The van der Waals surface area contributed by atoms with Crippen LogP contribution in [-0.2, 0) is 4.57 Å². The number of aryl methyl sites for hydroxylation is 1. The second kappa shape index (κ2) is 6.87. The van der Waals surface area contributed by atoms with E-state index in [-0.39, 0.29) is 23.0 Å². The van der Waals surface area contributed by atoms with Crippen LogP contribution in [0.3, 0.4) is 0 Å². The molecule has 0 bridgehead atoms. The average Bonchev–Trinajstić information content (AvgIpc) is 2.50. The van der Waals surface area contributed by atoms with E-state index in [9.17, 15) is 19.5 Å². The summed E-state index contributed by atoms with van der Waals surface area (Å²) in [6.07, 6.45) is 4.04. The van der Waals surface area contributed by atoms with Crippen LogP contribution in [0.15, 0.2) is 35.6 Å². The Morgan fingerprint density at radius 2 is 1.96 bits per heavy atom. The van der Waals surface area contributed by atoms with Crippen LogP contribution in [0.5, 0.6) is 11.5 Å². The first-order valence-electron chi connectivity index (χ1n) is 6.57. The molecule has 1 aromatic carbocycles. The van der Waals surface area contributed by atoms with E-state index in [4.69, 9.17) is 4.74 Å². The van der Waals surface area contributed by atoms with Gasteiger partial charge in [-0.15, -0.1) is 0 Å². The molecule has 9 heteroatoms. The fourth-order valence-corrected chi connectivity index (χ4v) is 2.74. The molecule has 1 atom stereocenters. The zero-order chi connectivity index (χ0) is 17.0. The van der Waals surface area contributed by atoms with Gasteiger partial charge in [0.25, 0.3) is 0 Å². The number of ether oxygens (including phenoxy) is 1. The Kier molecular flexibility index (Phi) is 5.10. The van der Waals surface area contributed by atoms with Gasteiger partial charge in [0, 0.05) is 18.6 Å². The number of hydrogen-bond donors (Lipinski definition) is 3. The zero-order valence-corrected chi connectivity index (χ0v) is 13.4. The van der Waals surface area contributed by atoms with Crippen LogP contribution in [0.4, 0.5) is 5.95 Å². The maximum atomic E-state index is 11.8. The Morgan fingerprint density at radius 1 is 1.30 bits per heavy atom. The first kappa shape index (κ1) is 17.1. The van der Waals surface area contributed by atoms with Gasteiger partial charge in [-0.05, 0) is 30.2 Å². The highest BCUT2D eigenvalue weighted by atomic mass is 31.2. The van der Waals surface area contributed by atoms with Gasteiger partial charge in [0.1, 0.15) is 5.66 Å². The van der Waals surface area contributed by atoms with Gasteiger partial charge in [-0.1, -0.05) is 6.07 Å². The van der Waals surface area contributed by atoms with E-state index in [2.05, 4.69) is 15.0 Å². The van der Waals surface area contributed by atoms with Crippen molar-refractivity contribution in [1.82, 2.24) is 9.97 Å². The number of methoxy groups -OCH3 is 1. The van der Waals surface area contributed by atoms with Gasteiger partial charge in [0.2, 0.25) is 5.95 Å². The topological polar surface area (TPSA) is 125 Å². The Balaban J connectivity index is 2.46. The number of aromatic hydroxyl groups is 1. The lowest BCUT2D eigenvalue weighted by atomic mass is 10.1. The fourth-order valence-electron chi connectivity index (χ4n) is 1.96. The van der Waals surface area contributed by atoms with Crippen LogP contribution in [0, 0.1) is 6.92 Å². The van der Waals surface area contributed by atoms with Gasteiger partial charge in [0.15, 0.2) is 11.5 Å². The Morgan fingerprint density at radius 3 is 2.52 bits per heavy atom. The molecule has 0 aliphatic carbocycles. The Hall–Kier alpha value is -2.28. The number of phenolic OH excluding ortho intramolecular Hbond substituents is 1. The normalized spacial score (nSPS) is 13.2. The van der Waals surface area contributed by atoms with Gasteiger partial charge < -0.3 is 19.6 Å². The lowest BCUT2D eigenvalue weighted by Crippen LogP contribution is -2.03. The highest BCUT2D eigenvalue weighted by molar-refractivity contribution is 7.53. The van der Waals surface area contributed by atoms with Crippen molar-refractivity contribution in [2.75, 3.05) is 7.11 Å². The largest absolute Gasteiger partial charge is 0.504 e. The summed E-state index contributed by atoms with van der Waals surface area (Å²) in [7, 11) is -3.18. The van der Waals surface area contributed by atoms with Crippen LogP contribution in [0.25, 0.3) is 0 Å². The van der Waals surface area contributed by atoms with E-state index in [1.54, 1.807) is 13.0 Å². The van der Waals surface area contributed by atoms with Crippen LogP contribution in [0.1, 0.15) is 16.8 Å². The molecule has 0 spiro atoms. The lowest BCUT2D eigenvalue weighted by molar-refractivity contribution is 0.365. The highest BCUT2D eigenvalue weighted by Crippen LogP contribution is 2.52. The van der Waals surface area contributed by atoms with Gasteiger partial charge in [0.05, 0.1) is 7.11 Å². The molecular formula is C14H16N3O5P. The minimum absolute atomic E-state index is 0.0796. The van der Waals surface area contributed by atoms with Crippen LogP contribution >= 0.6 is 7.60 Å². The molecule has 0 radical (unpaired) electrons. The van der Waals surface area contributed by atoms with Crippen LogP contribution in [-0.4, -0.2) is 38.2 Å². The predicted molar refractivity (Wildman–Crippen MR) is 84.4 cm³/mol. The number of hydrogen-bond acceptors (Lipinski definition) is 6. The van der Waals surface area contributed by atoms with E-state index >= 15 is 0 Å². The molecule has 0 aliphatic rings. The summed E-state index contributed by atoms with van der Waals surface area (Å²) in [5.74, 6) is 0.139. The number of rotatable bonds is 5. The first-order chi connectivity index (χ1) is 10.8. The van der Waals surface area contributed by atoms with Gasteiger partial charge in [-0.2, -0.15) is 0 Å². The number of benzene rings is 1. The molecule has 1 heterocycles. The molecule has 3 N–H and O–H groups in total. The summed E-state index contributed by atoms with van der Waals surface area (Å²) in [5.41, 5.74) is -0.605. The monoisotopic (exact) mass is 337 g/mol. The quantitative estimate of drug-likeness (QED) is 0.563. The summed E-state index contributed by atoms with van der Waals surface area (Å²) in [6.45, 7) is 1.61. The summed E-state index contributed by atoms with van der Waals surface area (Å²) in [6, 6.07) is 4.44. The molecule has 1 aromatic heterocycles. The maximum absolute atomic E-state index is 11.8. The molecule has 0 aliphatic heterocycles. The molecule has 23 heavy (non-hydrogen) atoms. The van der Waals surface area contributed by atoms with Crippen molar-refractivity contribution in [3.05, 3.63) is 41.7 Å². The SMILES string of the molecule is COc1cc(C(C=Nc2ncccn2)P(=O)(O)O)cc(C)c1O. The van der Waals surface area contributed by atoms with E-state index in [1.165, 1.54) is 31.6 Å². The van der Waals surface area contributed by atoms with Crippen molar-refractivity contribution >= 4 is 19.8 Å². The van der Waals surface area contributed by atoms with E-state index in [1.807, 2.05) is 0 Å². The summed E-state index contributed by atoms with van der Waals surface area (Å²) in [5, 5.41) is 9.84. The van der Waals surface area contributed by atoms with Crippen molar-refractivity contribution in [2.24, 2.45) is 4.99 Å². The van der Waals surface area contributed by atoms with Crippen molar-refractivity contribution in [2.45, 2.75) is 12.6 Å². The standard InChI is InChI=1S/C14H16N3O5P/c1-9-6-10(7-11(22-2)13(9)18)12(23(19,20)21)8-17-14-15-4-3-5-16-14/h3-8,12,18H,1-2H3,(H2,19,20,21). The smallest absolute Gasteiger partial charge is 0.338 e. The molecule has 8 nitrogen and oxygen atoms in total. The molecule has 2 rings (SSSR count). The molecular weight excluding hydrogens is 321 g/mol. The molecule has 0 fully saturated rings. The minimum atomic E-state index is -4.54. The van der Waals surface area contributed by atoms with Gasteiger partial charge >= 0.3 is 7.60 Å². The molecule has 122 valence electrons. The third-order valence-electron chi connectivity index (χ3n) is 3.10. The molecule has 1 unspecified atom stereocenters. The molecule has 0 saturated heterocycles. The maximum Gasteiger partial charge on any atom is 0.338 e. The molecule has 0 amide bonds. The van der Waals surface area contributed by atoms with Crippen molar-refractivity contribution in [3.8, 4) is 11.5 Å². The van der Waals surface area contributed by atoms with E-state index in [0.29, 0.717) is 5.56 Å². The minimum Gasteiger partial charge on any atom is -0.504 e. The summed E-state index contributed by atoms with van der Waals surface area (Å²) >= 11 is 0. The second-order valence-electron chi connectivity index (χ2n) is 4.75. The van der Waals surface area contributed by atoms with Gasteiger partial charge in [-0.25, -0.2) is 15.0 Å². The number of phenols is 1. The van der Waals surface area contributed by atoms with Crippen molar-refractivity contribution in [1.29, 1.82) is 0 Å². The average molecular weight is 337 g/mol.